The first-order valence-electron chi connectivity index (χ1n) is 3.86. The molecule has 1 aromatic rings. The van der Waals surface area contributed by atoms with Gasteiger partial charge in [0.25, 0.3) is 0 Å². The zero-order valence-corrected chi connectivity index (χ0v) is 8.55. The minimum atomic E-state index is -3.29. The van der Waals surface area contributed by atoms with Gasteiger partial charge in [-0.15, -0.1) is 0 Å². The number of hydrogen-bond donors (Lipinski definition) is 1. The van der Waals surface area contributed by atoms with Crippen LogP contribution in [0.5, 0.6) is 0 Å². The van der Waals surface area contributed by atoms with Crippen molar-refractivity contribution in [2.45, 2.75) is 26.0 Å². The second-order valence-electron chi connectivity index (χ2n) is 2.99. The number of nitrogens with zero attached hydrogens (tertiary/aromatic N) is 1. The Labute approximate surface area is 77.2 Å². The van der Waals surface area contributed by atoms with Crippen LogP contribution in [0.3, 0.4) is 0 Å². The van der Waals surface area contributed by atoms with Crippen molar-refractivity contribution >= 4 is 15.7 Å². The van der Waals surface area contributed by atoms with E-state index in [0.29, 0.717) is 11.4 Å². The van der Waals surface area contributed by atoms with Gasteiger partial charge in [-0.3, -0.25) is 4.72 Å². The number of rotatable bonds is 3. The van der Waals surface area contributed by atoms with Gasteiger partial charge in [-0.2, -0.15) is 0 Å². The summed E-state index contributed by atoms with van der Waals surface area (Å²) in [5.41, 5.74) is 0.397. The molecule has 74 valence electrons. The van der Waals surface area contributed by atoms with Crippen LogP contribution in [0.2, 0.25) is 0 Å². The zero-order chi connectivity index (χ0) is 10.1. The molecule has 13 heavy (non-hydrogen) atoms. The summed E-state index contributed by atoms with van der Waals surface area (Å²) in [7, 11) is -3.29. The molecule has 0 saturated heterocycles. The lowest BCUT2D eigenvalue weighted by atomic mass is 10.4. The molecule has 0 aliphatic rings. The molecule has 0 aliphatic heterocycles. The van der Waals surface area contributed by atoms with Crippen molar-refractivity contribution in [3.8, 4) is 0 Å². The molecule has 0 aliphatic carbocycles. The maximum Gasteiger partial charge on any atom is 0.235 e. The maximum atomic E-state index is 11.4. The molecule has 1 rings (SSSR count). The number of aromatic nitrogens is 1. The van der Waals surface area contributed by atoms with Crippen LogP contribution in [0, 0.1) is 6.92 Å². The molecule has 0 bridgehead atoms. The summed E-state index contributed by atoms with van der Waals surface area (Å²) in [6, 6.07) is 0. The first-order chi connectivity index (χ1) is 5.93. The third-order valence-corrected chi connectivity index (χ3v) is 3.37. The highest BCUT2D eigenvalue weighted by atomic mass is 32.2. The van der Waals surface area contributed by atoms with Crippen molar-refractivity contribution in [2.24, 2.45) is 0 Å². The highest BCUT2D eigenvalue weighted by Gasteiger charge is 2.17. The summed E-state index contributed by atoms with van der Waals surface area (Å²) >= 11 is 0. The largest absolute Gasteiger partial charge is 0.359 e. The monoisotopic (exact) mass is 204 g/mol. The normalized spacial score (nSPS) is 12.0. The lowest BCUT2D eigenvalue weighted by Crippen LogP contribution is -2.22. The van der Waals surface area contributed by atoms with Crippen molar-refractivity contribution in [3.05, 3.63) is 12.0 Å². The van der Waals surface area contributed by atoms with Gasteiger partial charge in [0, 0.05) is 0 Å². The molecule has 1 N–H and O–H groups in total. The topological polar surface area (TPSA) is 72.2 Å². The molecule has 0 radical (unpaired) electrons. The van der Waals surface area contributed by atoms with Crippen molar-refractivity contribution in [1.29, 1.82) is 0 Å². The van der Waals surface area contributed by atoms with E-state index in [0.717, 1.165) is 0 Å². The molecule has 0 unspecified atom stereocenters. The molecule has 0 atom stereocenters. The van der Waals surface area contributed by atoms with Crippen LogP contribution >= 0.6 is 0 Å². The average Bonchev–Trinajstić information content (AvgIpc) is 2.35. The molecule has 6 heteroatoms. The van der Waals surface area contributed by atoms with E-state index in [4.69, 9.17) is 4.52 Å². The second kappa shape index (κ2) is 3.37. The molecular weight excluding hydrogens is 192 g/mol. The number of aryl methyl sites for hydroxylation is 1. The molecule has 0 amide bonds. The van der Waals surface area contributed by atoms with Crippen molar-refractivity contribution in [3.63, 3.8) is 0 Å². The van der Waals surface area contributed by atoms with E-state index < -0.39 is 15.3 Å². The van der Waals surface area contributed by atoms with Gasteiger partial charge in [0.1, 0.15) is 5.69 Å². The average molecular weight is 204 g/mol. The van der Waals surface area contributed by atoms with Gasteiger partial charge in [0.15, 0.2) is 5.76 Å². The lowest BCUT2D eigenvalue weighted by Gasteiger charge is -2.08. The van der Waals surface area contributed by atoms with Gasteiger partial charge >= 0.3 is 0 Å². The fourth-order valence-corrected chi connectivity index (χ4v) is 1.41. The predicted molar refractivity (Wildman–Crippen MR) is 48.9 cm³/mol. The molecular formula is C7H12N2O3S. The smallest absolute Gasteiger partial charge is 0.235 e. The number of sulfonamides is 1. The van der Waals surface area contributed by atoms with E-state index in [9.17, 15) is 8.42 Å². The van der Waals surface area contributed by atoms with Crippen LogP contribution in [0.25, 0.3) is 0 Å². The minimum absolute atomic E-state index is 0.397. The third kappa shape index (κ3) is 2.21. The van der Waals surface area contributed by atoms with E-state index in [1.807, 2.05) is 0 Å². The van der Waals surface area contributed by atoms with Crippen LogP contribution in [0.4, 0.5) is 5.69 Å². The third-order valence-electron chi connectivity index (χ3n) is 1.62. The Balaban J connectivity index is 2.88. The standard InChI is InChI=1S/C7H12N2O3S/c1-5(2)13(10,11)9-7-4-8-12-6(7)3/h4-5,9H,1-3H3. The maximum absolute atomic E-state index is 11.4. The van der Waals surface area contributed by atoms with Crippen molar-refractivity contribution in [1.82, 2.24) is 5.16 Å². The molecule has 0 spiro atoms. The van der Waals surface area contributed by atoms with Gasteiger partial charge in [-0.05, 0) is 20.8 Å². The van der Waals surface area contributed by atoms with E-state index >= 15 is 0 Å². The fourth-order valence-electron chi connectivity index (χ4n) is 0.668. The van der Waals surface area contributed by atoms with E-state index in [2.05, 4.69) is 9.88 Å². The summed E-state index contributed by atoms with van der Waals surface area (Å²) < 4.78 is 29.8. The lowest BCUT2D eigenvalue weighted by molar-refractivity contribution is 0.398. The number of anilines is 1. The molecule has 0 aromatic carbocycles. The Morgan fingerprint density at radius 3 is 2.54 bits per heavy atom. The molecule has 1 heterocycles. The Kier molecular flexibility index (Phi) is 2.60. The van der Waals surface area contributed by atoms with Gasteiger partial charge in [0.05, 0.1) is 11.4 Å². The van der Waals surface area contributed by atoms with E-state index in [-0.39, 0.29) is 0 Å². The Morgan fingerprint density at radius 1 is 1.54 bits per heavy atom. The molecule has 0 saturated carbocycles. The molecule has 1 aromatic heterocycles. The summed E-state index contributed by atoms with van der Waals surface area (Å²) in [4.78, 5) is 0. The first-order valence-corrected chi connectivity index (χ1v) is 5.41. The highest BCUT2D eigenvalue weighted by molar-refractivity contribution is 7.93. The molecule has 5 nitrogen and oxygen atoms in total. The predicted octanol–water partition coefficient (Wildman–Crippen LogP) is 1.13. The van der Waals surface area contributed by atoms with Crippen LogP contribution in [0.15, 0.2) is 10.7 Å². The highest BCUT2D eigenvalue weighted by Crippen LogP contribution is 2.15. The summed E-state index contributed by atoms with van der Waals surface area (Å²) in [5.74, 6) is 0.462. The SMILES string of the molecule is Cc1oncc1NS(=O)(=O)C(C)C. The fraction of sp³-hybridized carbons (Fsp3) is 0.571. The van der Waals surface area contributed by atoms with E-state index in [1.54, 1.807) is 20.8 Å². The second-order valence-corrected chi connectivity index (χ2v) is 5.23. The summed E-state index contributed by atoms with van der Waals surface area (Å²) in [5, 5.41) is 2.99. The van der Waals surface area contributed by atoms with Crippen molar-refractivity contribution < 1.29 is 12.9 Å². The Morgan fingerprint density at radius 2 is 2.15 bits per heavy atom. The molecule has 0 fully saturated rings. The summed E-state index contributed by atoms with van der Waals surface area (Å²) in [6.07, 6.45) is 1.34. The van der Waals surface area contributed by atoms with E-state index in [1.165, 1.54) is 6.20 Å². The summed E-state index contributed by atoms with van der Waals surface area (Å²) in [6.45, 7) is 4.85. The minimum Gasteiger partial charge on any atom is -0.359 e. The van der Waals surface area contributed by atoms with Crippen LogP contribution in [-0.4, -0.2) is 18.8 Å². The number of nitrogens with one attached hydrogen (secondary N) is 1. The van der Waals surface area contributed by atoms with Crippen LogP contribution < -0.4 is 4.72 Å². The van der Waals surface area contributed by atoms with Gasteiger partial charge in [-0.25, -0.2) is 8.42 Å². The quantitative estimate of drug-likeness (QED) is 0.801. The van der Waals surface area contributed by atoms with Gasteiger partial charge in [-0.1, -0.05) is 5.16 Å². The zero-order valence-electron chi connectivity index (χ0n) is 7.73. The Bertz CT molecular complexity index is 380. The first kappa shape index (κ1) is 10.0. The van der Waals surface area contributed by atoms with Crippen LogP contribution in [-0.2, 0) is 10.0 Å². The van der Waals surface area contributed by atoms with Gasteiger partial charge < -0.3 is 4.52 Å². The van der Waals surface area contributed by atoms with Crippen molar-refractivity contribution in [2.75, 3.05) is 4.72 Å². The number of hydrogen-bond acceptors (Lipinski definition) is 4. The van der Waals surface area contributed by atoms with Crippen LogP contribution in [0.1, 0.15) is 19.6 Å². The Hall–Kier alpha value is -1.04. The van der Waals surface area contributed by atoms with Gasteiger partial charge in [0.2, 0.25) is 10.0 Å².